The smallest absolute Gasteiger partial charge is 0.270 e. The summed E-state index contributed by atoms with van der Waals surface area (Å²) < 4.78 is 5.27. The van der Waals surface area contributed by atoms with Gasteiger partial charge in [0, 0.05) is 19.0 Å². The van der Waals surface area contributed by atoms with Crippen molar-refractivity contribution in [2.75, 3.05) is 32.0 Å². The van der Waals surface area contributed by atoms with Gasteiger partial charge in [0.1, 0.15) is 17.3 Å². The Hall–Kier alpha value is -2.37. The average molecular weight is 319 g/mol. The average Bonchev–Trinajstić information content (AvgIpc) is 2.54. The van der Waals surface area contributed by atoms with Crippen molar-refractivity contribution in [1.29, 1.82) is 5.26 Å². The van der Waals surface area contributed by atoms with Crippen LogP contribution in [0, 0.1) is 17.2 Å². The Labute approximate surface area is 134 Å². The Kier molecular flexibility index (Phi) is 5.73. The summed E-state index contributed by atoms with van der Waals surface area (Å²) in [5.41, 5.74) is 6.16. The first-order valence-electron chi connectivity index (χ1n) is 7.57. The molecule has 2 rings (SSSR count). The molecule has 1 aromatic heterocycles. The minimum atomic E-state index is -0.484. The summed E-state index contributed by atoms with van der Waals surface area (Å²) in [6, 6.07) is 3.28. The molecule has 8 heteroatoms. The van der Waals surface area contributed by atoms with E-state index < -0.39 is 12.0 Å². The number of nitrogens with two attached hydrogens (primary N) is 1. The lowest BCUT2D eigenvalue weighted by Gasteiger charge is -2.28. The summed E-state index contributed by atoms with van der Waals surface area (Å²) in [5.74, 6) is -0.350. The highest BCUT2D eigenvalue weighted by Gasteiger charge is 2.24. The Morgan fingerprint density at radius 1 is 1.70 bits per heavy atom. The third-order valence-electron chi connectivity index (χ3n) is 3.76. The zero-order chi connectivity index (χ0) is 16.8. The summed E-state index contributed by atoms with van der Waals surface area (Å²) in [5, 5.41) is 24.8. The lowest BCUT2D eigenvalue weighted by Crippen LogP contribution is -2.45. The van der Waals surface area contributed by atoms with Crippen LogP contribution in [0.3, 0.4) is 0 Å². The molecule has 0 radical (unpaired) electrons. The number of nitriles is 1. The summed E-state index contributed by atoms with van der Waals surface area (Å²) in [7, 11) is 0. The lowest BCUT2D eigenvalue weighted by atomic mass is 9.95. The molecule has 124 valence electrons. The van der Waals surface area contributed by atoms with Gasteiger partial charge in [-0.3, -0.25) is 4.79 Å². The maximum atomic E-state index is 12.2. The van der Waals surface area contributed by atoms with E-state index in [0.29, 0.717) is 19.7 Å². The topological polar surface area (TPSA) is 133 Å². The van der Waals surface area contributed by atoms with Gasteiger partial charge in [-0.1, -0.05) is 0 Å². The van der Waals surface area contributed by atoms with Gasteiger partial charge >= 0.3 is 0 Å². The second-order valence-electron chi connectivity index (χ2n) is 5.35. The van der Waals surface area contributed by atoms with Crippen molar-refractivity contribution in [2.24, 2.45) is 5.92 Å². The van der Waals surface area contributed by atoms with Crippen LogP contribution in [0.15, 0.2) is 6.07 Å². The number of hydrogen-bond acceptors (Lipinski definition) is 7. The summed E-state index contributed by atoms with van der Waals surface area (Å²) >= 11 is 0. The molecule has 2 heterocycles. The first kappa shape index (κ1) is 17.0. The van der Waals surface area contributed by atoms with Gasteiger partial charge in [0.25, 0.3) is 5.91 Å². The fourth-order valence-corrected chi connectivity index (χ4v) is 2.46. The molecule has 8 nitrogen and oxygen atoms in total. The van der Waals surface area contributed by atoms with Crippen LogP contribution >= 0.6 is 0 Å². The highest BCUT2D eigenvalue weighted by atomic mass is 16.5. The molecule has 0 bridgehead atoms. The van der Waals surface area contributed by atoms with Crippen LogP contribution in [-0.2, 0) is 0 Å². The van der Waals surface area contributed by atoms with Gasteiger partial charge in [0.2, 0.25) is 5.88 Å². The fraction of sp³-hybridized carbons (Fsp3) is 0.533. The van der Waals surface area contributed by atoms with Crippen molar-refractivity contribution in [3.63, 3.8) is 0 Å². The number of carbonyl (C=O) groups excluding carboxylic acids is 1. The Balaban J connectivity index is 2.08. The maximum absolute atomic E-state index is 12.2. The van der Waals surface area contributed by atoms with Crippen molar-refractivity contribution in [3.8, 4) is 11.9 Å². The molecule has 1 fully saturated rings. The normalized spacial score (nSPS) is 20.6. The standard InChI is InChI=1S/C15H21N5O3/c1-2-23-15-10(6-16)11(17)5-12(20-15)14(22)19-7-9-3-4-18-8-13(9)21/h5,9,13,18,21H,2-4,7-8H2,1H3,(H2,17,20)(H,19,22)/t9-,13+/m0/s1. The highest BCUT2D eigenvalue weighted by molar-refractivity contribution is 5.93. The number of rotatable bonds is 5. The Morgan fingerprint density at radius 3 is 3.13 bits per heavy atom. The number of nitrogens with zero attached hydrogens (tertiary/aromatic N) is 2. The van der Waals surface area contributed by atoms with Crippen LogP contribution in [0.2, 0.25) is 0 Å². The summed E-state index contributed by atoms with van der Waals surface area (Å²) in [6.45, 7) is 3.76. The number of carbonyl (C=O) groups is 1. The van der Waals surface area contributed by atoms with Gasteiger partial charge in [-0.25, -0.2) is 4.98 Å². The number of aliphatic hydroxyl groups excluding tert-OH is 1. The number of ether oxygens (including phenoxy) is 1. The number of pyridine rings is 1. The number of amides is 1. The van der Waals surface area contributed by atoms with E-state index in [0.717, 1.165) is 13.0 Å². The largest absolute Gasteiger partial charge is 0.477 e. The molecule has 1 aliphatic heterocycles. The maximum Gasteiger partial charge on any atom is 0.270 e. The number of β-amino-alcohol motifs (C(OH)–C–C–N with tert-alkyl or cyclic N) is 1. The van der Waals surface area contributed by atoms with Crippen molar-refractivity contribution in [1.82, 2.24) is 15.6 Å². The van der Waals surface area contributed by atoms with Gasteiger partial charge in [0.05, 0.1) is 18.4 Å². The molecule has 0 unspecified atom stereocenters. The van der Waals surface area contributed by atoms with E-state index in [1.165, 1.54) is 6.07 Å². The molecule has 2 atom stereocenters. The molecule has 0 spiro atoms. The first-order valence-corrected chi connectivity index (χ1v) is 7.57. The van der Waals surface area contributed by atoms with Gasteiger partial charge in [-0.15, -0.1) is 0 Å². The molecule has 0 aromatic carbocycles. The Morgan fingerprint density at radius 2 is 2.48 bits per heavy atom. The van der Waals surface area contributed by atoms with Crippen LogP contribution in [-0.4, -0.2) is 48.3 Å². The number of hydrogen-bond donors (Lipinski definition) is 4. The van der Waals surface area contributed by atoms with Gasteiger partial charge in [0.15, 0.2) is 0 Å². The van der Waals surface area contributed by atoms with E-state index in [1.807, 2.05) is 6.07 Å². The van der Waals surface area contributed by atoms with E-state index >= 15 is 0 Å². The van der Waals surface area contributed by atoms with Gasteiger partial charge < -0.3 is 26.2 Å². The monoisotopic (exact) mass is 319 g/mol. The molecule has 1 saturated heterocycles. The third-order valence-corrected chi connectivity index (χ3v) is 3.76. The highest BCUT2D eigenvalue weighted by Crippen LogP contribution is 2.22. The molecule has 1 aromatic rings. The van der Waals surface area contributed by atoms with E-state index in [1.54, 1.807) is 6.92 Å². The van der Waals surface area contributed by atoms with E-state index in [2.05, 4.69) is 15.6 Å². The zero-order valence-electron chi connectivity index (χ0n) is 13.0. The SMILES string of the molecule is CCOc1nc(C(=O)NC[C@@H]2CCNC[C@H]2O)cc(N)c1C#N. The number of aromatic nitrogens is 1. The quantitative estimate of drug-likeness (QED) is 0.582. The van der Waals surface area contributed by atoms with Crippen LogP contribution in [0.1, 0.15) is 29.4 Å². The fourth-order valence-electron chi connectivity index (χ4n) is 2.46. The van der Waals surface area contributed by atoms with Crippen LogP contribution in [0.25, 0.3) is 0 Å². The van der Waals surface area contributed by atoms with Crippen molar-refractivity contribution in [3.05, 3.63) is 17.3 Å². The Bertz CT molecular complexity index is 614. The number of piperidine rings is 1. The van der Waals surface area contributed by atoms with Gasteiger partial charge in [-0.05, 0) is 26.0 Å². The van der Waals surface area contributed by atoms with Crippen molar-refractivity contribution in [2.45, 2.75) is 19.4 Å². The predicted octanol–water partition coefficient (Wildman–Crippen LogP) is -0.366. The number of nitrogen functional groups attached to an aromatic ring is 1. The van der Waals surface area contributed by atoms with Crippen LogP contribution in [0.4, 0.5) is 5.69 Å². The molecule has 23 heavy (non-hydrogen) atoms. The molecule has 0 saturated carbocycles. The van der Waals surface area contributed by atoms with Crippen molar-refractivity contribution >= 4 is 11.6 Å². The summed E-state index contributed by atoms with van der Waals surface area (Å²) in [6.07, 6.45) is 0.302. The second kappa shape index (κ2) is 7.76. The third kappa shape index (κ3) is 4.09. The van der Waals surface area contributed by atoms with E-state index in [9.17, 15) is 9.90 Å². The first-order chi connectivity index (χ1) is 11.1. The number of anilines is 1. The summed E-state index contributed by atoms with van der Waals surface area (Å²) in [4.78, 5) is 16.3. The van der Waals surface area contributed by atoms with Crippen LogP contribution < -0.4 is 21.1 Å². The molecule has 1 aliphatic rings. The molecule has 0 aliphatic carbocycles. The van der Waals surface area contributed by atoms with Crippen LogP contribution in [0.5, 0.6) is 5.88 Å². The lowest BCUT2D eigenvalue weighted by molar-refractivity contribution is 0.0751. The van der Waals surface area contributed by atoms with Crippen molar-refractivity contribution < 1.29 is 14.6 Å². The van der Waals surface area contributed by atoms with Gasteiger partial charge in [-0.2, -0.15) is 5.26 Å². The number of aliphatic hydroxyl groups is 1. The molecular weight excluding hydrogens is 298 g/mol. The van der Waals surface area contributed by atoms with E-state index in [-0.39, 0.29) is 28.7 Å². The van der Waals surface area contributed by atoms with E-state index in [4.69, 9.17) is 15.7 Å². The zero-order valence-corrected chi connectivity index (χ0v) is 13.0. The number of nitrogens with one attached hydrogen (secondary N) is 2. The molecule has 5 N–H and O–H groups in total. The minimum absolute atomic E-state index is 0.00212. The second-order valence-corrected chi connectivity index (χ2v) is 5.35. The molecular formula is C15H21N5O3. The molecule has 1 amide bonds. The minimum Gasteiger partial charge on any atom is -0.477 e. The predicted molar refractivity (Wildman–Crippen MR) is 83.9 cm³/mol.